The third-order valence-corrected chi connectivity index (χ3v) is 3.55. The Morgan fingerprint density at radius 2 is 1.95 bits per heavy atom. The van der Waals surface area contributed by atoms with Crippen molar-refractivity contribution >= 4 is 52.6 Å². The maximum atomic E-state index is 11.9. The topological polar surface area (TPSA) is 94.5 Å². The van der Waals surface area contributed by atoms with Gasteiger partial charge in [0.05, 0.1) is 16.9 Å². The number of pyridine rings is 2. The van der Waals surface area contributed by atoms with E-state index in [1.807, 2.05) is 0 Å². The maximum Gasteiger partial charge on any atom is 0.291 e. The molecule has 0 bridgehead atoms. The SMILES string of the molecule is Nc1c(Cl)c(Cl)nc(C(=O)N/N=C/c2cc[nH+]cc2)c1Cl. The van der Waals surface area contributed by atoms with Gasteiger partial charge in [-0.1, -0.05) is 34.8 Å². The lowest BCUT2D eigenvalue weighted by Crippen LogP contribution is -2.20. The van der Waals surface area contributed by atoms with Crippen LogP contribution in [0.4, 0.5) is 5.69 Å². The molecule has 0 aliphatic heterocycles. The summed E-state index contributed by atoms with van der Waals surface area (Å²) >= 11 is 17.5. The molecule has 0 radical (unpaired) electrons. The first kappa shape index (κ1) is 15.5. The zero-order chi connectivity index (χ0) is 15.4. The van der Waals surface area contributed by atoms with E-state index < -0.39 is 5.91 Å². The van der Waals surface area contributed by atoms with Gasteiger partial charge in [-0.3, -0.25) is 4.79 Å². The third kappa shape index (κ3) is 3.60. The number of anilines is 1. The maximum absolute atomic E-state index is 11.9. The molecule has 0 saturated heterocycles. The summed E-state index contributed by atoms with van der Waals surface area (Å²) in [6, 6.07) is 3.55. The van der Waals surface area contributed by atoms with E-state index in [0.717, 1.165) is 5.56 Å². The highest BCUT2D eigenvalue weighted by Crippen LogP contribution is 2.34. The number of amides is 1. The number of hydrogen-bond acceptors (Lipinski definition) is 4. The Bertz CT molecular complexity index is 706. The van der Waals surface area contributed by atoms with Crippen LogP contribution < -0.4 is 16.1 Å². The van der Waals surface area contributed by atoms with Crippen LogP contribution in [0, 0.1) is 0 Å². The van der Waals surface area contributed by atoms with Gasteiger partial charge in [0, 0.05) is 17.7 Å². The number of nitrogens with zero attached hydrogens (tertiary/aromatic N) is 2. The number of aromatic nitrogens is 2. The molecule has 0 aromatic carbocycles. The lowest BCUT2D eigenvalue weighted by atomic mass is 10.3. The molecule has 0 saturated carbocycles. The molecule has 2 heterocycles. The summed E-state index contributed by atoms with van der Waals surface area (Å²) in [5, 5.41) is 3.61. The normalized spacial score (nSPS) is 10.8. The van der Waals surface area contributed by atoms with Gasteiger partial charge in [-0.05, 0) is 0 Å². The second kappa shape index (κ2) is 6.71. The molecule has 4 N–H and O–H groups in total. The number of nitrogens with one attached hydrogen (secondary N) is 2. The van der Waals surface area contributed by atoms with Gasteiger partial charge in [0.15, 0.2) is 23.2 Å². The molecule has 0 aliphatic rings. The second-order valence-electron chi connectivity index (χ2n) is 3.83. The largest absolute Gasteiger partial charge is 0.396 e. The van der Waals surface area contributed by atoms with E-state index in [9.17, 15) is 4.79 Å². The number of hydrogen-bond donors (Lipinski definition) is 2. The van der Waals surface area contributed by atoms with Crippen LogP contribution in [0.1, 0.15) is 16.1 Å². The average molecular weight is 346 g/mol. The van der Waals surface area contributed by atoms with Gasteiger partial charge in [-0.2, -0.15) is 5.10 Å². The average Bonchev–Trinajstić information content (AvgIpc) is 2.49. The molecule has 0 spiro atoms. The van der Waals surface area contributed by atoms with Crippen LogP contribution >= 0.6 is 34.8 Å². The zero-order valence-electron chi connectivity index (χ0n) is 10.4. The van der Waals surface area contributed by atoms with Crippen LogP contribution in [-0.4, -0.2) is 17.1 Å². The van der Waals surface area contributed by atoms with E-state index in [2.05, 4.69) is 20.5 Å². The van der Waals surface area contributed by atoms with Gasteiger partial charge in [0.25, 0.3) is 5.91 Å². The second-order valence-corrected chi connectivity index (χ2v) is 4.94. The van der Waals surface area contributed by atoms with E-state index >= 15 is 0 Å². The summed E-state index contributed by atoms with van der Waals surface area (Å²) in [5.74, 6) is -0.649. The highest BCUT2D eigenvalue weighted by Gasteiger charge is 2.19. The highest BCUT2D eigenvalue weighted by molar-refractivity contribution is 6.46. The number of hydrazone groups is 1. The number of carbonyl (C=O) groups excluding carboxylic acids is 1. The van der Waals surface area contributed by atoms with Crippen LogP contribution in [0.5, 0.6) is 0 Å². The highest BCUT2D eigenvalue weighted by atomic mass is 35.5. The summed E-state index contributed by atoms with van der Waals surface area (Å²) in [7, 11) is 0. The van der Waals surface area contributed by atoms with Crippen molar-refractivity contribution in [1.82, 2.24) is 10.4 Å². The van der Waals surface area contributed by atoms with Crippen molar-refractivity contribution in [2.75, 3.05) is 5.73 Å². The predicted molar refractivity (Wildman–Crippen MR) is 81.7 cm³/mol. The smallest absolute Gasteiger partial charge is 0.291 e. The van der Waals surface area contributed by atoms with Gasteiger partial charge < -0.3 is 5.73 Å². The minimum Gasteiger partial charge on any atom is -0.396 e. The van der Waals surface area contributed by atoms with E-state index in [1.165, 1.54) is 6.21 Å². The fraction of sp³-hybridized carbons (Fsp3) is 0. The van der Waals surface area contributed by atoms with Crippen LogP contribution in [0.2, 0.25) is 15.2 Å². The quantitative estimate of drug-likeness (QED) is 0.507. The first-order valence-electron chi connectivity index (χ1n) is 5.60. The van der Waals surface area contributed by atoms with Crippen molar-refractivity contribution in [3.05, 3.63) is 51.0 Å². The monoisotopic (exact) mass is 344 g/mol. The number of nitrogen functional groups attached to an aromatic ring is 1. The van der Waals surface area contributed by atoms with Crippen LogP contribution in [-0.2, 0) is 0 Å². The Labute approximate surface area is 134 Å². The summed E-state index contributed by atoms with van der Waals surface area (Å²) in [6.07, 6.45) is 4.91. The molecular weight excluding hydrogens is 337 g/mol. The Morgan fingerprint density at radius 3 is 2.62 bits per heavy atom. The van der Waals surface area contributed by atoms with Crippen LogP contribution in [0.15, 0.2) is 29.6 Å². The number of nitrogens with two attached hydrogens (primary N) is 1. The number of H-pyrrole nitrogens is 1. The molecule has 2 aromatic heterocycles. The summed E-state index contributed by atoms with van der Waals surface area (Å²) in [4.78, 5) is 18.6. The number of halogens is 3. The van der Waals surface area contributed by atoms with E-state index in [-0.39, 0.29) is 26.6 Å². The van der Waals surface area contributed by atoms with Crippen molar-refractivity contribution < 1.29 is 9.78 Å². The molecule has 0 atom stereocenters. The zero-order valence-corrected chi connectivity index (χ0v) is 12.7. The standard InChI is InChI=1S/C12H8Cl3N5O/c13-7-9(16)8(14)11(15)19-10(7)12(21)20-18-5-6-1-3-17-4-2-6/h1-5H,(H2,16,19)(H,20,21)/p+1/b18-5+. The molecular formula is C12H9Cl3N5O+. The molecule has 1 amide bonds. The lowest BCUT2D eigenvalue weighted by Gasteiger charge is -2.07. The van der Waals surface area contributed by atoms with E-state index in [4.69, 9.17) is 40.5 Å². The van der Waals surface area contributed by atoms with Crippen LogP contribution in [0.3, 0.4) is 0 Å². The Morgan fingerprint density at radius 1 is 1.29 bits per heavy atom. The van der Waals surface area contributed by atoms with Crippen molar-refractivity contribution in [2.45, 2.75) is 0 Å². The summed E-state index contributed by atoms with van der Waals surface area (Å²) < 4.78 is 0. The fourth-order valence-corrected chi connectivity index (χ4v) is 1.98. The molecule has 0 aliphatic carbocycles. The first-order valence-corrected chi connectivity index (χ1v) is 6.73. The van der Waals surface area contributed by atoms with Gasteiger partial charge >= 0.3 is 0 Å². The fourth-order valence-electron chi connectivity index (χ4n) is 1.39. The molecule has 21 heavy (non-hydrogen) atoms. The Hall–Kier alpha value is -1.89. The van der Waals surface area contributed by atoms with E-state index in [0.29, 0.717) is 0 Å². The minimum atomic E-state index is -0.649. The Kier molecular flexibility index (Phi) is 4.95. The van der Waals surface area contributed by atoms with Gasteiger partial charge in [0.2, 0.25) is 0 Å². The molecule has 0 unspecified atom stereocenters. The molecule has 6 nitrogen and oxygen atoms in total. The molecule has 0 fully saturated rings. The number of rotatable bonds is 3. The lowest BCUT2D eigenvalue weighted by molar-refractivity contribution is -0.378. The van der Waals surface area contributed by atoms with Crippen LogP contribution in [0.25, 0.3) is 0 Å². The molecule has 108 valence electrons. The molecule has 2 aromatic rings. The Balaban J connectivity index is 2.16. The van der Waals surface area contributed by atoms with Crippen molar-refractivity contribution in [3.8, 4) is 0 Å². The number of aromatic amines is 1. The molecule has 2 rings (SSSR count). The van der Waals surface area contributed by atoms with Gasteiger partial charge in [0.1, 0.15) is 5.02 Å². The molecule has 9 heteroatoms. The van der Waals surface area contributed by atoms with Crippen molar-refractivity contribution in [2.24, 2.45) is 5.10 Å². The summed E-state index contributed by atoms with van der Waals surface area (Å²) in [5.41, 5.74) is 8.54. The predicted octanol–water partition coefficient (Wildman–Crippen LogP) is 2.20. The van der Waals surface area contributed by atoms with Crippen molar-refractivity contribution in [3.63, 3.8) is 0 Å². The number of carbonyl (C=O) groups is 1. The third-order valence-electron chi connectivity index (χ3n) is 2.41. The van der Waals surface area contributed by atoms with Crippen molar-refractivity contribution in [1.29, 1.82) is 0 Å². The van der Waals surface area contributed by atoms with E-state index in [1.54, 1.807) is 24.5 Å². The summed E-state index contributed by atoms with van der Waals surface area (Å²) in [6.45, 7) is 0. The van der Waals surface area contributed by atoms with Gasteiger partial charge in [-0.15, -0.1) is 0 Å². The first-order chi connectivity index (χ1) is 10.0. The minimum absolute atomic E-state index is 0.00209. The van der Waals surface area contributed by atoms with Gasteiger partial charge in [-0.25, -0.2) is 15.4 Å².